The van der Waals surface area contributed by atoms with Crippen LogP contribution in [0, 0.1) is 5.92 Å². The summed E-state index contributed by atoms with van der Waals surface area (Å²) in [6.07, 6.45) is 2.26. The Balaban J connectivity index is 2.28. The van der Waals surface area contributed by atoms with Gasteiger partial charge in [-0.2, -0.15) is 0 Å². The van der Waals surface area contributed by atoms with Gasteiger partial charge in [0, 0.05) is 32.6 Å². The van der Waals surface area contributed by atoms with Crippen molar-refractivity contribution in [3.05, 3.63) is 0 Å². The number of carbonyl (C=O) groups excluding carboxylic acids is 2. The lowest BCUT2D eigenvalue weighted by Crippen LogP contribution is -2.50. The van der Waals surface area contributed by atoms with E-state index < -0.39 is 0 Å². The van der Waals surface area contributed by atoms with Gasteiger partial charge in [-0.15, -0.1) is 0 Å². The van der Waals surface area contributed by atoms with Gasteiger partial charge in [-0.05, 0) is 12.3 Å². The summed E-state index contributed by atoms with van der Waals surface area (Å²) in [5.74, 6) is 0.568. The molecule has 0 N–H and O–H groups in total. The average Bonchev–Trinajstić information content (AvgIpc) is 2.38. The molecule has 0 unspecified atom stereocenters. The standard InChI is InChI=1S/C14H26N2O3/c1-4-5-10-19-14(18)16-8-6-15(7-9-16)13(17)11-12(2)3/h12H,4-11H2,1-3H3. The molecule has 1 rings (SSSR count). The van der Waals surface area contributed by atoms with Crippen molar-refractivity contribution in [1.82, 2.24) is 9.80 Å². The molecule has 1 heterocycles. The van der Waals surface area contributed by atoms with Crippen molar-refractivity contribution in [3.63, 3.8) is 0 Å². The lowest BCUT2D eigenvalue weighted by molar-refractivity contribution is -0.133. The lowest BCUT2D eigenvalue weighted by Gasteiger charge is -2.34. The van der Waals surface area contributed by atoms with Gasteiger partial charge in [0.15, 0.2) is 0 Å². The Kier molecular flexibility index (Phi) is 6.67. The Bertz CT molecular complexity index is 297. The molecule has 5 heteroatoms. The maximum Gasteiger partial charge on any atom is 0.409 e. The van der Waals surface area contributed by atoms with Gasteiger partial charge in [0.25, 0.3) is 0 Å². The molecule has 0 radical (unpaired) electrons. The summed E-state index contributed by atoms with van der Waals surface area (Å²) < 4.78 is 5.17. The van der Waals surface area contributed by atoms with Crippen LogP contribution in [-0.4, -0.2) is 54.6 Å². The van der Waals surface area contributed by atoms with E-state index in [1.165, 1.54) is 0 Å². The molecule has 0 spiro atoms. The molecular weight excluding hydrogens is 244 g/mol. The highest BCUT2D eigenvalue weighted by molar-refractivity contribution is 5.77. The Morgan fingerprint density at radius 3 is 2.21 bits per heavy atom. The van der Waals surface area contributed by atoms with Gasteiger partial charge >= 0.3 is 6.09 Å². The molecule has 1 fully saturated rings. The molecule has 0 aliphatic carbocycles. The highest BCUT2D eigenvalue weighted by atomic mass is 16.6. The first kappa shape index (κ1) is 15.8. The predicted molar refractivity (Wildman–Crippen MR) is 73.9 cm³/mol. The van der Waals surface area contributed by atoms with Crippen LogP contribution in [-0.2, 0) is 9.53 Å². The molecule has 5 nitrogen and oxygen atoms in total. The minimum atomic E-state index is -0.246. The van der Waals surface area contributed by atoms with Crippen molar-refractivity contribution >= 4 is 12.0 Å². The molecular formula is C14H26N2O3. The predicted octanol–water partition coefficient (Wildman–Crippen LogP) is 2.11. The summed E-state index contributed by atoms with van der Waals surface area (Å²) in [6.45, 7) is 9.03. The SMILES string of the molecule is CCCCOC(=O)N1CCN(C(=O)CC(C)C)CC1. The van der Waals surface area contributed by atoms with E-state index in [1.807, 2.05) is 18.7 Å². The zero-order valence-electron chi connectivity index (χ0n) is 12.4. The Morgan fingerprint density at radius 2 is 1.68 bits per heavy atom. The van der Waals surface area contributed by atoms with Gasteiger partial charge in [0.2, 0.25) is 5.91 Å². The molecule has 1 saturated heterocycles. The van der Waals surface area contributed by atoms with Crippen LogP contribution in [0.15, 0.2) is 0 Å². The average molecular weight is 270 g/mol. The second kappa shape index (κ2) is 8.02. The van der Waals surface area contributed by atoms with Gasteiger partial charge in [-0.25, -0.2) is 4.79 Å². The van der Waals surface area contributed by atoms with Crippen molar-refractivity contribution in [1.29, 1.82) is 0 Å². The third-order valence-corrected chi connectivity index (χ3v) is 3.20. The van der Waals surface area contributed by atoms with Gasteiger partial charge in [0.1, 0.15) is 0 Å². The monoisotopic (exact) mass is 270 g/mol. The fourth-order valence-electron chi connectivity index (χ4n) is 2.01. The highest BCUT2D eigenvalue weighted by Gasteiger charge is 2.24. The Morgan fingerprint density at radius 1 is 1.11 bits per heavy atom. The number of ether oxygens (including phenoxy) is 1. The second-order valence-electron chi connectivity index (χ2n) is 5.43. The first-order chi connectivity index (χ1) is 9.04. The van der Waals surface area contributed by atoms with Crippen molar-refractivity contribution in [3.8, 4) is 0 Å². The smallest absolute Gasteiger partial charge is 0.409 e. The lowest BCUT2D eigenvalue weighted by atomic mass is 10.1. The summed E-state index contributed by atoms with van der Waals surface area (Å²) in [5, 5.41) is 0. The number of amides is 2. The minimum Gasteiger partial charge on any atom is -0.449 e. The molecule has 0 aromatic heterocycles. The van der Waals surface area contributed by atoms with Crippen molar-refractivity contribution in [2.75, 3.05) is 32.8 Å². The van der Waals surface area contributed by atoms with Crippen LogP contribution >= 0.6 is 0 Å². The molecule has 1 aliphatic rings. The van der Waals surface area contributed by atoms with Crippen LogP contribution < -0.4 is 0 Å². The third kappa shape index (κ3) is 5.49. The number of nitrogens with zero attached hydrogens (tertiary/aromatic N) is 2. The molecule has 19 heavy (non-hydrogen) atoms. The third-order valence-electron chi connectivity index (χ3n) is 3.20. The molecule has 0 saturated carbocycles. The maximum atomic E-state index is 11.9. The highest BCUT2D eigenvalue weighted by Crippen LogP contribution is 2.09. The van der Waals surface area contributed by atoms with Gasteiger partial charge < -0.3 is 14.5 Å². The topological polar surface area (TPSA) is 49.9 Å². The van der Waals surface area contributed by atoms with E-state index in [0.29, 0.717) is 45.1 Å². The first-order valence-corrected chi connectivity index (χ1v) is 7.24. The fraction of sp³-hybridized carbons (Fsp3) is 0.857. The summed E-state index contributed by atoms with van der Waals surface area (Å²) in [7, 11) is 0. The summed E-state index contributed by atoms with van der Waals surface area (Å²) in [4.78, 5) is 27.1. The minimum absolute atomic E-state index is 0.189. The van der Waals surface area contributed by atoms with Gasteiger partial charge in [0.05, 0.1) is 6.61 Å². The number of rotatable bonds is 5. The van der Waals surface area contributed by atoms with E-state index in [-0.39, 0.29) is 12.0 Å². The zero-order chi connectivity index (χ0) is 14.3. The Hall–Kier alpha value is -1.26. The van der Waals surface area contributed by atoms with Crippen molar-refractivity contribution in [2.24, 2.45) is 5.92 Å². The normalized spacial score (nSPS) is 15.8. The van der Waals surface area contributed by atoms with Crippen molar-refractivity contribution < 1.29 is 14.3 Å². The van der Waals surface area contributed by atoms with E-state index >= 15 is 0 Å². The van der Waals surface area contributed by atoms with E-state index in [4.69, 9.17) is 4.74 Å². The van der Waals surface area contributed by atoms with Crippen LogP contribution in [0.4, 0.5) is 4.79 Å². The number of piperazine rings is 1. The zero-order valence-corrected chi connectivity index (χ0v) is 12.4. The van der Waals surface area contributed by atoms with Gasteiger partial charge in [-0.1, -0.05) is 27.2 Å². The van der Waals surface area contributed by atoms with Gasteiger partial charge in [-0.3, -0.25) is 4.79 Å². The number of carbonyl (C=O) groups is 2. The summed E-state index contributed by atoms with van der Waals surface area (Å²) >= 11 is 0. The first-order valence-electron chi connectivity index (χ1n) is 7.24. The molecule has 0 atom stereocenters. The fourth-order valence-corrected chi connectivity index (χ4v) is 2.01. The van der Waals surface area contributed by atoms with Crippen LogP contribution in [0.2, 0.25) is 0 Å². The largest absolute Gasteiger partial charge is 0.449 e. The maximum absolute atomic E-state index is 11.9. The van der Waals surface area contributed by atoms with E-state index in [2.05, 4.69) is 6.92 Å². The second-order valence-corrected chi connectivity index (χ2v) is 5.43. The van der Waals surface area contributed by atoms with Crippen LogP contribution in [0.5, 0.6) is 0 Å². The van der Waals surface area contributed by atoms with Crippen LogP contribution in [0.1, 0.15) is 40.0 Å². The van der Waals surface area contributed by atoms with E-state index in [1.54, 1.807) is 4.90 Å². The molecule has 0 aromatic rings. The summed E-state index contributed by atoms with van der Waals surface area (Å²) in [6, 6.07) is 0. The van der Waals surface area contributed by atoms with Crippen LogP contribution in [0.3, 0.4) is 0 Å². The number of hydrogen-bond donors (Lipinski definition) is 0. The molecule has 2 amide bonds. The Labute approximate surface area is 115 Å². The molecule has 110 valence electrons. The van der Waals surface area contributed by atoms with Crippen LogP contribution in [0.25, 0.3) is 0 Å². The van der Waals surface area contributed by atoms with E-state index in [0.717, 1.165) is 12.8 Å². The summed E-state index contributed by atoms with van der Waals surface area (Å²) in [5.41, 5.74) is 0. The molecule has 0 aromatic carbocycles. The number of hydrogen-bond acceptors (Lipinski definition) is 3. The molecule has 1 aliphatic heterocycles. The van der Waals surface area contributed by atoms with Crippen molar-refractivity contribution in [2.45, 2.75) is 40.0 Å². The quantitative estimate of drug-likeness (QED) is 0.719. The number of unbranched alkanes of at least 4 members (excludes halogenated alkanes) is 1. The van der Waals surface area contributed by atoms with E-state index in [9.17, 15) is 9.59 Å². The molecule has 0 bridgehead atoms.